The molecule has 7 nitrogen and oxygen atoms in total. The van der Waals surface area contributed by atoms with Crippen LogP contribution in [0.5, 0.6) is 0 Å². The minimum atomic E-state index is -0.609. The Balaban J connectivity index is 1.34. The van der Waals surface area contributed by atoms with Gasteiger partial charge >= 0.3 is 0 Å². The van der Waals surface area contributed by atoms with Gasteiger partial charge in [0, 0.05) is 43.3 Å². The number of para-hydroxylation sites is 1. The van der Waals surface area contributed by atoms with Crippen LogP contribution >= 0.6 is 0 Å². The first kappa shape index (κ1) is 25.6. The molecule has 2 amide bonds. The molecule has 1 fully saturated rings. The van der Waals surface area contributed by atoms with Crippen LogP contribution in [0, 0.1) is 0 Å². The van der Waals surface area contributed by atoms with E-state index in [1.54, 1.807) is 6.20 Å². The molecule has 1 aliphatic heterocycles. The maximum Gasteiger partial charge on any atom is 0.292 e. The minimum Gasteiger partial charge on any atom is -0.349 e. The summed E-state index contributed by atoms with van der Waals surface area (Å²) in [5.41, 5.74) is 2.37. The Hall–Kier alpha value is -3.45. The number of fused-ring (bicyclic) bond motifs is 1. The molecule has 0 saturated carbocycles. The van der Waals surface area contributed by atoms with Gasteiger partial charge in [-0.1, -0.05) is 61.4 Å². The molecule has 4 rings (SSSR count). The summed E-state index contributed by atoms with van der Waals surface area (Å²) in [6.45, 7) is 3.81. The van der Waals surface area contributed by atoms with E-state index in [9.17, 15) is 14.4 Å². The molecule has 2 heterocycles. The Kier molecular flexibility index (Phi) is 8.90. The van der Waals surface area contributed by atoms with Crippen LogP contribution in [0.3, 0.4) is 0 Å². The minimum absolute atomic E-state index is 0.0562. The molecule has 1 N–H and O–H groups in total. The molecule has 0 bridgehead atoms. The standard InChI is InChI=1S/C29H36N4O3/c1-31(20-23-12-5-4-6-13-23)17-11-16-30-29(36)28(35)25-21-33(26-15-8-7-14-24(25)26)22-27(34)32-18-9-2-3-10-19-32/h4-8,12-15,21H,2-3,9-11,16-20,22H2,1H3,(H,30,36). The van der Waals surface area contributed by atoms with E-state index in [-0.39, 0.29) is 12.5 Å². The first-order valence-corrected chi connectivity index (χ1v) is 12.9. The predicted molar refractivity (Wildman–Crippen MR) is 142 cm³/mol. The fourth-order valence-electron chi connectivity index (χ4n) is 4.85. The van der Waals surface area contributed by atoms with Gasteiger partial charge in [-0.3, -0.25) is 14.4 Å². The maximum atomic E-state index is 13.0. The van der Waals surface area contributed by atoms with Crippen molar-refractivity contribution < 1.29 is 14.4 Å². The molecule has 7 heteroatoms. The maximum absolute atomic E-state index is 13.0. The highest BCUT2D eigenvalue weighted by molar-refractivity contribution is 6.45. The number of Topliss-reactive ketones (excluding diaryl/α,β-unsaturated/α-hetero) is 1. The van der Waals surface area contributed by atoms with Crippen LogP contribution in [0.1, 0.15) is 48.0 Å². The fourth-order valence-corrected chi connectivity index (χ4v) is 4.85. The van der Waals surface area contributed by atoms with Crippen LogP contribution in [0.15, 0.2) is 60.8 Å². The van der Waals surface area contributed by atoms with E-state index in [0.29, 0.717) is 17.5 Å². The molecule has 0 radical (unpaired) electrons. The summed E-state index contributed by atoms with van der Waals surface area (Å²) in [5.74, 6) is -1.12. The van der Waals surface area contributed by atoms with E-state index in [0.717, 1.165) is 63.8 Å². The fraction of sp³-hybridized carbons (Fsp3) is 0.414. The molecule has 190 valence electrons. The quantitative estimate of drug-likeness (QED) is 0.267. The highest BCUT2D eigenvalue weighted by atomic mass is 16.2. The van der Waals surface area contributed by atoms with Crippen molar-refractivity contribution in [2.45, 2.75) is 45.2 Å². The normalized spacial score (nSPS) is 14.1. The zero-order valence-electron chi connectivity index (χ0n) is 21.1. The van der Waals surface area contributed by atoms with E-state index >= 15 is 0 Å². The number of nitrogens with one attached hydrogen (secondary N) is 1. The number of aromatic nitrogens is 1. The van der Waals surface area contributed by atoms with Crippen molar-refractivity contribution in [3.8, 4) is 0 Å². The first-order valence-electron chi connectivity index (χ1n) is 12.9. The number of rotatable bonds is 10. The predicted octanol–water partition coefficient (Wildman–Crippen LogP) is 3.86. The number of ketones is 1. The van der Waals surface area contributed by atoms with Gasteiger partial charge < -0.3 is 19.7 Å². The van der Waals surface area contributed by atoms with Gasteiger partial charge in [-0.25, -0.2) is 0 Å². The van der Waals surface area contributed by atoms with Crippen LogP contribution in [0.4, 0.5) is 0 Å². The molecular formula is C29H36N4O3. The molecule has 0 unspecified atom stereocenters. The van der Waals surface area contributed by atoms with Gasteiger partial charge in [0.25, 0.3) is 11.7 Å². The number of carbonyl (C=O) groups is 3. The van der Waals surface area contributed by atoms with Crippen LogP contribution in [0.2, 0.25) is 0 Å². The number of benzene rings is 2. The van der Waals surface area contributed by atoms with Crippen molar-refractivity contribution in [1.29, 1.82) is 0 Å². The highest BCUT2D eigenvalue weighted by Gasteiger charge is 2.23. The second-order valence-electron chi connectivity index (χ2n) is 9.64. The van der Waals surface area contributed by atoms with E-state index in [4.69, 9.17) is 0 Å². The summed E-state index contributed by atoms with van der Waals surface area (Å²) < 4.78 is 1.81. The summed E-state index contributed by atoms with van der Waals surface area (Å²) in [6.07, 6.45) is 6.79. The van der Waals surface area contributed by atoms with Gasteiger partial charge in [0.2, 0.25) is 5.91 Å². The van der Waals surface area contributed by atoms with E-state index in [1.807, 2.05) is 59.0 Å². The lowest BCUT2D eigenvalue weighted by molar-refractivity contribution is -0.131. The van der Waals surface area contributed by atoms with E-state index in [2.05, 4.69) is 22.3 Å². The van der Waals surface area contributed by atoms with Crippen molar-refractivity contribution >= 4 is 28.5 Å². The van der Waals surface area contributed by atoms with Crippen LogP contribution in [0.25, 0.3) is 10.9 Å². The van der Waals surface area contributed by atoms with E-state index in [1.165, 1.54) is 5.56 Å². The number of likely N-dealkylation sites (tertiary alicyclic amines) is 1. The average molecular weight is 489 g/mol. The number of nitrogens with zero attached hydrogens (tertiary/aromatic N) is 3. The topological polar surface area (TPSA) is 74.6 Å². The molecule has 0 spiro atoms. The second-order valence-corrected chi connectivity index (χ2v) is 9.64. The van der Waals surface area contributed by atoms with Crippen molar-refractivity contribution in [3.05, 3.63) is 71.9 Å². The van der Waals surface area contributed by atoms with Gasteiger partial charge in [-0.15, -0.1) is 0 Å². The van der Waals surface area contributed by atoms with Crippen LogP contribution < -0.4 is 5.32 Å². The lowest BCUT2D eigenvalue weighted by atomic mass is 10.1. The molecule has 0 aliphatic carbocycles. The molecule has 36 heavy (non-hydrogen) atoms. The van der Waals surface area contributed by atoms with E-state index < -0.39 is 11.7 Å². The summed E-state index contributed by atoms with van der Waals surface area (Å²) >= 11 is 0. The van der Waals surface area contributed by atoms with Crippen molar-refractivity contribution in [2.75, 3.05) is 33.2 Å². The zero-order chi connectivity index (χ0) is 25.3. The molecule has 3 aromatic rings. The molecule has 2 aromatic carbocycles. The van der Waals surface area contributed by atoms with Gasteiger partial charge in [-0.05, 0) is 44.5 Å². The molecule has 0 atom stereocenters. The van der Waals surface area contributed by atoms with Gasteiger partial charge in [0.05, 0.1) is 5.56 Å². The molecular weight excluding hydrogens is 452 g/mol. The molecule has 1 aromatic heterocycles. The number of amides is 2. The number of hydrogen-bond donors (Lipinski definition) is 1. The third-order valence-electron chi connectivity index (χ3n) is 6.80. The van der Waals surface area contributed by atoms with Crippen molar-refractivity contribution in [1.82, 2.24) is 19.7 Å². The smallest absolute Gasteiger partial charge is 0.292 e. The summed E-state index contributed by atoms with van der Waals surface area (Å²) in [5, 5.41) is 3.47. The van der Waals surface area contributed by atoms with Crippen LogP contribution in [-0.4, -0.2) is 65.2 Å². The Morgan fingerprint density at radius 2 is 1.61 bits per heavy atom. The van der Waals surface area contributed by atoms with Crippen LogP contribution in [-0.2, 0) is 22.7 Å². The molecule has 1 saturated heterocycles. The Morgan fingerprint density at radius 1 is 0.917 bits per heavy atom. The Labute approximate surface area is 213 Å². The summed E-state index contributed by atoms with van der Waals surface area (Å²) in [6, 6.07) is 17.7. The second kappa shape index (κ2) is 12.5. The van der Waals surface area contributed by atoms with Gasteiger partial charge in [0.1, 0.15) is 6.54 Å². The lowest BCUT2D eigenvalue weighted by Crippen LogP contribution is -2.34. The zero-order valence-corrected chi connectivity index (χ0v) is 21.1. The van der Waals surface area contributed by atoms with Crippen molar-refractivity contribution in [3.63, 3.8) is 0 Å². The lowest BCUT2D eigenvalue weighted by Gasteiger charge is -2.20. The third-order valence-corrected chi connectivity index (χ3v) is 6.80. The third kappa shape index (κ3) is 6.61. The Bertz CT molecular complexity index is 1180. The SMILES string of the molecule is CN(CCCNC(=O)C(=O)c1cn(CC(=O)N2CCCCCC2)c2ccccc12)Cc1ccccc1. The first-order chi connectivity index (χ1) is 17.5. The summed E-state index contributed by atoms with van der Waals surface area (Å²) in [4.78, 5) is 42.8. The summed E-state index contributed by atoms with van der Waals surface area (Å²) in [7, 11) is 2.04. The van der Waals surface area contributed by atoms with Gasteiger partial charge in [0.15, 0.2) is 0 Å². The van der Waals surface area contributed by atoms with Crippen molar-refractivity contribution in [2.24, 2.45) is 0 Å². The largest absolute Gasteiger partial charge is 0.349 e. The number of carbonyl (C=O) groups excluding carboxylic acids is 3. The molecule has 1 aliphatic rings. The monoisotopic (exact) mass is 488 g/mol. The van der Waals surface area contributed by atoms with Gasteiger partial charge in [-0.2, -0.15) is 0 Å². The Morgan fingerprint density at radius 3 is 2.36 bits per heavy atom. The average Bonchev–Trinajstić information content (AvgIpc) is 3.05. The number of hydrogen-bond acceptors (Lipinski definition) is 4. The highest BCUT2D eigenvalue weighted by Crippen LogP contribution is 2.22.